The van der Waals surface area contributed by atoms with Gasteiger partial charge in [-0.3, -0.25) is 0 Å². The molecule has 0 heterocycles. The number of aliphatic carboxylic acids is 2. The summed E-state index contributed by atoms with van der Waals surface area (Å²) in [5.41, 5.74) is 0.215. The first-order valence-corrected chi connectivity index (χ1v) is 5.39. The lowest BCUT2D eigenvalue weighted by Gasteiger charge is -2.26. The van der Waals surface area contributed by atoms with Crippen molar-refractivity contribution in [1.29, 1.82) is 0 Å². The molecule has 0 radical (unpaired) electrons. The normalized spacial score (nSPS) is 15.6. The quantitative estimate of drug-likeness (QED) is 0.741. The van der Waals surface area contributed by atoms with E-state index in [1.807, 2.05) is 20.8 Å². The molecule has 0 aliphatic rings. The molecule has 0 fully saturated rings. The van der Waals surface area contributed by atoms with Gasteiger partial charge in [-0.25, -0.2) is 9.59 Å². The van der Waals surface area contributed by atoms with Crippen molar-refractivity contribution in [1.82, 2.24) is 0 Å². The van der Waals surface area contributed by atoms with Crippen LogP contribution in [0.1, 0.15) is 34.6 Å². The van der Waals surface area contributed by atoms with Gasteiger partial charge in [0.2, 0.25) is 0 Å². The minimum absolute atomic E-state index is 0.222. The molecule has 0 aliphatic heterocycles. The highest BCUT2D eigenvalue weighted by Crippen LogP contribution is 2.30. The van der Waals surface area contributed by atoms with E-state index in [4.69, 9.17) is 10.2 Å². The maximum absolute atomic E-state index is 10.8. The van der Waals surface area contributed by atoms with E-state index in [9.17, 15) is 9.59 Å². The Bertz CT molecular complexity index is 339. The molecule has 0 atom stereocenters. The van der Waals surface area contributed by atoms with Gasteiger partial charge in [-0.1, -0.05) is 32.9 Å². The molecule has 96 valence electrons. The van der Waals surface area contributed by atoms with Crippen LogP contribution in [-0.2, 0) is 9.59 Å². The summed E-state index contributed by atoms with van der Waals surface area (Å²) in [6.45, 7) is 8.83. The average molecular weight is 240 g/mol. The minimum atomic E-state index is -0.986. The lowest BCUT2D eigenvalue weighted by atomic mass is 9.79. The van der Waals surface area contributed by atoms with Gasteiger partial charge in [0.15, 0.2) is 0 Å². The maximum atomic E-state index is 10.8. The van der Waals surface area contributed by atoms with E-state index in [1.165, 1.54) is 13.8 Å². The summed E-state index contributed by atoms with van der Waals surface area (Å²) in [5, 5.41) is 17.7. The van der Waals surface area contributed by atoms with Gasteiger partial charge in [0, 0.05) is 17.1 Å². The van der Waals surface area contributed by atoms with Gasteiger partial charge < -0.3 is 10.2 Å². The molecular weight excluding hydrogens is 220 g/mol. The second-order valence-corrected chi connectivity index (χ2v) is 5.20. The van der Waals surface area contributed by atoms with Crippen LogP contribution < -0.4 is 0 Å². The van der Waals surface area contributed by atoms with Crippen LogP contribution in [0.15, 0.2) is 23.3 Å². The predicted molar refractivity (Wildman–Crippen MR) is 65.7 cm³/mol. The van der Waals surface area contributed by atoms with Crippen LogP contribution in [0.4, 0.5) is 0 Å². The van der Waals surface area contributed by atoms with Crippen molar-refractivity contribution in [2.45, 2.75) is 34.6 Å². The topological polar surface area (TPSA) is 74.6 Å². The molecule has 0 unspecified atom stereocenters. The van der Waals surface area contributed by atoms with Crippen molar-refractivity contribution in [2.75, 3.05) is 0 Å². The van der Waals surface area contributed by atoms with Crippen LogP contribution in [0.25, 0.3) is 0 Å². The third kappa shape index (κ3) is 5.33. The Morgan fingerprint density at radius 1 is 0.941 bits per heavy atom. The van der Waals surface area contributed by atoms with E-state index in [0.29, 0.717) is 0 Å². The average Bonchev–Trinajstić information content (AvgIpc) is 2.14. The monoisotopic (exact) mass is 240 g/mol. The molecule has 0 amide bonds. The summed E-state index contributed by atoms with van der Waals surface area (Å²) in [6, 6.07) is 0. The zero-order valence-corrected chi connectivity index (χ0v) is 10.9. The van der Waals surface area contributed by atoms with Gasteiger partial charge >= 0.3 is 11.9 Å². The van der Waals surface area contributed by atoms with E-state index in [-0.39, 0.29) is 22.5 Å². The largest absolute Gasteiger partial charge is 0.478 e. The Hall–Kier alpha value is -1.58. The fourth-order valence-electron chi connectivity index (χ4n) is 1.23. The lowest BCUT2D eigenvalue weighted by Crippen LogP contribution is -2.19. The summed E-state index contributed by atoms with van der Waals surface area (Å²) in [5.74, 6) is -2.20. The molecule has 0 bridgehead atoms. The molecule has 0 aliphatic carbocycles. The lowest BCUT2D eigenvalue weighted by molar-refractivity contribution is -0.133. The van der Waals surface area contributed by atoms with Crippen LogP contribution >= 0.6 is 0 Å². The first kappa shape index (κ1) is 15.4. The highest BCUT2D eigenvalue weighted by atomic mass is 16.4. The first-order chi connectivity index (χ1) is 7.55. The number of rotatable bonds is 4. The minimum Gasteiger partial charge on any atom is -0.478 e. The fourth-order valence-corrected chi connectivity index (χ4v) is 1.23. The maximum Gasteiger partial charge on any atom is 0.330 e. The van der Waals surface area contributed by atoms with Gasteiger partial charge in [0.25, 0.3) is 0 Å². The molecular formula is C13H20O4. The van der Waals surface area contributed by atoms with Gasteiger partial charge in [0.1, 0.15) is 0 Å². The van der Waals surface area contributed by atoms with Crippen molar-refractivity contribution in [3.63, 3.8) is 0 Å². The molecule has 0 aromatic carbocycles. The number of hydrogen-bond donors (Lipinski definition) is 2. The summed E-state index contributed by atoms with van der Waals surface area (Å²) in [6.07, 6.45) is 3.18. The SMILES string of the molecule is CC(=CC(C=C(C)C(=O)O)C(C)(C)C)C(=O)O. The van der Waals surface area contributed by atoms with Crippen molar-refractivity contribution in [3.8, 4) is 0 Å². The number of carboxylic acids is 2. The zero-order chi connectivity index (χ0) is 13.8. The predicted octanol–water partition coefficient (Wildman–Crippen LogP) is 2.71. The molecule has 0 spiro atoms. The molecule has 0 aromatic rings. The summed E-state index contributed by atoms with van der Waals surface area (Å²) < 4.78 is 0. The van der Waals surface area contributed by atoms with Crippen LogP contribution in [0.3, 0.4) is 0 Å². The van der Waals surface area contributed by atoms with E-state index < -0.39 is 11.9 Å². The fraction of sp³-hybridized carbons (Fsp3) is 0.538. The van der Waals surface area contributed by atoms with E-state index in [0.717, 1.165) is 0 Å². The van der Waals surface area contributed by atoms with Crippen LogP contribution in [0, 0.1) is 11.3 Å². The van der Waals surface area contributed by atoms with Crippen molar-refractivity contribution in [3.05, 3.63) is 23.3 Å². The number of allylic oxidation sites excluding steroid dienone is 2. The van der Waals surface area contributed by atoms with Crippen molar-refractivity contribution < 1.29 is 19.8 Å². The number of hydrogen-bond acceptors (Lipinski definition) is 2. The highest BCUT2D eigenvalue weighted by Gasteiger charge is 2.22. The standard InChI is InChI=1S/C13H20O4/c1-8(11(14)15)6-10(13(3,4)5)7-9(2)12(16)17/h6-7,10H,1-5H3,(H,14,15)(H,16,17). The second-order valence-electron chi connectivity index (χ2n) is 5.20. The molecule has 17 heavy (non-hydrogen) atoms. The molecule has 0 saturated heterocycles. The summed E-state index contributed by atoms with van der Waals surface area (Å²) >= 11 is 0. The Morgan fingerprint density at radius 3 is 1.41 bits per heavy atom. The van der Waals surface area contributed by atoms with E-state index in [2.05, 4.69) is 0 Å². The van der Waals surface area contributed by atoms with Crippen molar-refractivity contribution >= 4 is 11.9 Å². The van der Waals surface area contributed by atoms with Crippen LogP contribution in [-0.4, -0.2) is 22.2 Å². The smallest absolute Gasteiger partial charge is 0.330 e. The molecule has 2 N–H and O–H groups in total. The zero-order valence-electron chi connectivity index (χ0n) is 10.9. The third-order valence-corrected chi connectivity index (χ3v) is 2.53. The molecule has 0 saturated carbocycles. The Balaban J connectivity index is 5.33. The molecule has 4 heteroatoms. The highest BCUT2D eigenvalue weighted by molar-refractivity contribution is 5.87. The molecule has 0 rings (SSSR count). The Morgan fingerprint density at radius 2 is 1.24 bits per heavy atom. The van der Waals surface area contributed by atoms with Gasteiger partial charge in [-0.2, -0.15) is 0 Å². The van der Waals surface area contributed by atoms with Crippen LogP contribution in [0.5, 0.6) is 0 Å². The number of carboxylic acid groups (broad SMARTS) is 2. The summed E-state index contributed by atoms with van der Waals surface area (Å²) in [7, 11) is 0. The Kier molecular flexibility index (Phi) is 5.13. The van der Waals surface area contributed by atoms with Crippen LogP contribution in [0.2, 0.25) is 0 Å². The van der Waals surface area contributed by atoms with E-state index >= 15 is 0 Å². The number of carbonyl (C=O) groups is 2. The first-order valence-electron chi connectivity index (χ1n) is 5.39. The third-order valence-electron chi connectivity index (χ3n) is 2.53. The van der Waals surface area contributed by atoms with Gasteiger partial charge in [0.05, 0.1) is 0 Å². The van der Waals surface area contributed by atoms with Gasteiger partial charge in [-0.05, 0) is 19.3 Å². The molecule has 0 aromatic heterocycles. The van der Waals surface area contributed by atoms with E-state index in [1.54, 1.807) is 12.2 Å². The molecule has 4 nitrogen and oxygen atoms in total. The second kappa shape index (κ2) is 5.66. The Labute approximate surface area is 102 Å². The van der Waals surface area contributed by atoms with Crippen molar-refractivity contribution in [2.24, 2.45) is 11.3 Å². The van der Waals surface area contributed by atoms with Gasteiger partial charge in [-0.15, -0.1) is 0 Å². The summed E-state index contributed by atoms with van der Waals surface area (Å²) in [4.78, 5) is 21.6.